The third-order valence-electron chi connectivity index (χ3n) is 4.27. The number of nitrogens with zero attached hydrogens (tertiary/aromatic N) is 3. The van der Waals surface area contributed by atoms with Crippen LogP contribution in [0.3, 0.4) is 0 Å². The molecule has 2 heterocycles. The van der Waals surface area contributed by atoms with E-state index in [1.54, 1.807) is 30.0 Å². The third kappa shape index (κ3) is 3.30. The zero-order valence-corrected chi connectivity index (χ0v) is 15.1. The van der Waals surface area contributed by atoms with Crippen molar-refractivity contribution in [3.05, 3.63) is 66.9 Å². The zero-order chi connectivity index (χ0) is 19.5. The minimum absolute atomic E-state index is 0.358. The van der Waals surface area contributed by atoms with Gasteiger partial charge in [-0.25, -0.2) is 9.31 Å². The number of anilines is 3. The van der Waals surface area contributed by atoms with E-state index in [2.05, 4.69) is 20.9 Å². The highest BCUT2D eigenvalue weighted by Crippen LogP contribution is 2.28. The molecular weight excluding hydrogens is 356 g/mol. The molecule has 4 N–H and O–H groups in total. The van der Waals surface area contributed by atoms with Crippen LogP contribution in [0.5, 0.6) is 5.75 Å². The second-order valence-corrected chi connectivity index (χ2v) is 6.05. The lowest BCUT2D eigenvalue weighted by atomic mass is 10.1. The van der Waals surface area contributed by atoms with Crippen LogP contribution in [0.1, 0.15) is 0 Å². The van der Waals surface area contributed by atoms with E-state index in [9.17, 15) is 4.79 Å². The predicted octanol–water partition coefficient (Wildman–Crippen LogP) is 3.63. The molecule has 0 fully saturated rings. The number of carbonyl (C=O) groups excluding carboxylic acids is 1. The first-order valence-electron chi connectivity index (χ1n) is 8.56. The summed E-state index contributed by atoms with van der Waals surface area (Å²) in [6.07, 6.45) is 1.79. The van der Waals surface area contributed by atoms with E-state index in [4.69, 9.17) is 10.5 Å². The Morgan fingerprint density at radius 3 is 2.61 bits per heavy atom. The molecule has 0 aliphatic rings. The molecule has 0 bridgehead atoms. The van der Waals surface area contributed by atoms with Gasteiger partial charge in [0.25, 0.3) is 0 Å². The Morgan fingerprint density at radius 2 is 1.82 bits per heavy atom. The van der Waals surface area contributed by atoms with E-state index in [1.165, 1.54) is 0 Å². The average Bonchev–Trinajstić information content (AvgIpc) is 3.10. The van der Waals surface area contributed by atoms with Crippen molar-refractivity contribution in [2.45, 2.75) is 0 Å². The van der Waals surface area contributed by atoms with Gasteiger partial charge in [0.2, 0.25) is 0 Å². The molecule has 4 rings (SSSR count). The Labute approximate surface area is 160 Å². The van der Waals surface area contributed by atoms with Crippen LogP contribution in [0.15, 0.2) is 66.9 Å². The molecule has 0 atom stereocenters. The van der Waals surface area contributed by atoms with Crippen LogP contribution in [0.25, 0.3) is 16.6 Å². The number of amides is 2. The van der Waals surface area contributed by atoms with E-state index in [-0.39, 0.29) is 6.03 Å². The summed E-state index contributed by atoms with van der Waals surface area (Å²) >= 11 is 0. The fourth-order valence-electron chi connectivity index (χ4n) is 2.97. The summed E-state index contributed by atoms with van der Waals surface area (Å²) in [5.74, 6) is 0.960. The molecule has 0 spiro atoms. The van der Waals surface area contributed by atoms with Gasteiger partial charge in [-0.3, -0.25) is 0 Å². The molecule has 2 amide bonds. The number of methoxy groups -OCH3 is 1. The van der Waals surface area contributed by atoms with Gasteiger partial charge in [-0.2, -0.15) is 0 Å². The highest BCUT2D eigenvalue weighted by atomic mass is 16.5. The summed E-state index contributed by atoms with van der Waals surface area (Å²) in [5.41, 5.74) is 9.78. The Kier molecular flexibility index (Phi) is 4.51. The summed E-state index contributed by atoms with van der Waals surface area (Å²) in [5, 5.41) is 13.5. The molecule has 0 unspecified atom stereocenters. The van der Waals surface area contributed by atoms with Gasteiger partial charge in [0, 0.05) is 17.4 Å². The maximum atomic E-state index is 12.3. The number of hydrogen-bond donors (Lipinski definition) is 3. The number of rotatable bonds is 4. The van der Waals surface area contributed by atoms with E-state index in [0.717, 1.165) is 16.6 Å². The molecule has 4 aromatic rings. The summed E-state index contributed by atoms with van der Waals surface area (Å²) in [6, 6.07) is 18.1. The van der Waals surface area contributed by atoms with E-state index < -0.39 is 0 Å². The van der Waals surface area contributed by atoms with Gasteiger partial charge in [0.1, 0.15) is 11.3 Å². The number of para-hydroxylation sites is 2. The van der Waals surface area contributed by atoms with Crippen molar-refractivity contribution in [2.75, 3.05) is 23.5 Å². The second-order valence-electron chi connectivity index (χ2n) is 6.05. The van der Waals surface area contributed by atoms with Crippen LogP contribution in [0.4, 0.5) is 22.0 Å². The van der Waals surface area contributed by atoms with Crippen molar-refractivity contribution >= 4 is 28.7 Å². The SMILES string of the molecule is COc1ccccc1NC(=O)Nc1ccc(-c2cccn3nnc(N)c23)cc1. The summed E-state index contributed by atoms with van der Waals surface area (Å²) in [7, 11) is 1.56. The normalized spacial score (nSPS) is 10.6. The Hall–Kier alpha value is -4.07. The minimum Gasteiger partial charge on any atom is -0.495 e. The van der Waals surface area contributed by atoms with Gasteiger partial charge in [0.05, 0.1) is 12.8 Å². The van der Waals surface area contributed by atoms with Crippen molar-refractivity contribution in [1.82, 2.24) is 14.8 Å². The minimum atomic E-state index is -0.358. The van der Waals surface area contributed by atoms with Crippen LogP contribution >= 0.6 is 0 Å². The number of carbonyl (C=O) groups is 1. The van der Waals surface area contributed by atoms with Crippen molar-refractivity contribution in [1.29, 1.82) is 0 Å². The molecule has 0 saturated heterocycles. The number of fused-ring (bicyclic) bond motifs is 1. The van der Waals surface area contributed by atoms with E-state index >= 15 is 0 Å². The molecule has 140 valence electrons. The Balaban J connectivity index is 1.52. The highest BCUT2D eigenvalue weighted by Gasteiger charge is 2.11. The van der Waals surface area contributed by atoms with Crippen LogP contribution in [0, 0.1) is 0 Å². The smallest absolute Gasteiger partial charge is 0.323 e. The zero-order valence-electron chi connectivity index (χ0n) is 15.1. The number of ether oxygens (including phenoxy) is 1. The van der Waals surface area contributed by atoms with E-state index in [1.807, 2.05) is 48.5 Å². The monoisotopic (exact) mass is 374 g/mol. The molecule has 8 heteroatoms. The molecule has 2 aromatic carbocycles. The molecule has 2 aromatic heterocycles. The van der Waals surface area contributed by atoms with Gasteiger partial charge in [-0.1, -0.05) is 35.5 Å². The number of nitrogen functional groups attached to an aromatic ring is 1. The maximum Gasteiger partial charge on any atom is 0.323 e. The summed E-state index contributed by atoms with van der Waals surface area (Å²) in [6.45, 7) is 0. The van der Waals surface area contributed by atoms with Gasteiger partial charge in [-0.15, -0.1) is 5.10 Å². The molecule has 0 aliphatic heterocycles. The van der Waals surface area contributed by atoms with Crippen LogP contribution in [-0.4, -0.2) is 28.0 Å². The highest BCUT2D eigenvalue weighted by molar-refractivity contribution is 6.01. The van der Waals surface area contributed by atoms with E-state index in [0.29, 0.717) is 22.9 Å². The largest absolute Gasteiger partial charge is 0.495 e. The predicted molar refractivity (Wildman–Crippen MR) is 108 cm³/mol. The molecule has 28 heavy (non-hydrogen) atoms. The van der Waals surface area contributed by atoms with Crippen molar-refractivity contribution in [3.63, 3.8) is 0 Å². The number of benzene rings is 2. The maximum absolute atomic E-state index is 12.3. The van der Waals surface area contributed by atoms with Crippen LogP contribution in [-0.2, 0) is 0 Å². The molecule has 0 aliphatic carbocycles. The Morgan fingerprint density at radius 1 is 1.04 bits per heavy atom. The first-order valence-corrected chi connectivity index (χ1v) is 8.56. The van der Waals surface area contributed by atoms with Crippen LogP contribution in [0.2, 0.25) is 0 Å². The second kappa shape index (κ2) is 7.28. The molecule has 8 nitrogen and oxygen atoms in total. The van der Waals surface area contributed by atoms with Gasteiger partial charge >= 0.3 is 6.03 Å². The fraction of sp³-hybridized carbons (Fsp3) is 0.0500. The number of nitrogens with two attached hydrogens (primary N) is 1. The first-order chi connectivity index (χ1) is 13.7. The van der Waals surface area contributed by atoms with Crippen LogP contribution < -0.4 is 21.1 Å². The number of aromatic nitrogens is 3. The van der Waals surface area contributed by atoms with Crippen molar-refractivity contribution in [2.24, 2.45) is 0 Å². The van der Waals surface area contributed by atoms with Gasteiger partial charge in [0.15, 0.2) is 5.82 Å². The molecular formula is C20H18N6O2. The summed E-state index contributed by atoms with van der Waals surface area (Å²) in [4.78, 5) is 12.3. The summed E-state index contributed by atoms with van der Waals surface area (Å²) < 4.78 is 6.87. The first kappa shape index (κ1) is 17.3. The Bertz CT molecular complexity index is 1140. The lowest BCUT2D eigenvalue weighted by molar-refractivity contribution is 0.262. The lowest BCUT2D eigenvalue weighted by Crippen LogP contribution is -2.19. The number of hydrogen-bond acceptors (Lipinski definition) is 5. The quantitative estimate of drug-likeness (QED) is 0.506. The molecule has 0 radical (unpaired) electrons. The number of nitrogens with one attached hydrogen (secondary N) is 2. The van der Waals surface area contributed by atoms with Crippen molar-refractivity contribution in [3.8, 4) is 16.9 Å². The third-order valence-corrected chi connectivity index (χ3v) is 4.27. The average molecular weight is 374 g/mol. The molecule has 0 saturated carbocycles. The number of urea groups is 1. The fourth-order valence-corrected chi connectivity index (χ4v) is 2.97. The van der Waals surface area contributed by atoms with Gasteiger partial charge < -0.3 is 21.1 Å². The topological polar surface area (TPSA) is 107 Å². The standard InChI is InChI=1S/C20H18N6O2/c1-28-17-7-3-2-6-16(17)23-20(27)22-14-10-8-13(9-11-14)15-5-4-12-26-18(15)19(21)24-25-26/h2-12H,21H2,1H3,(H2,22,23,27). The van der Waals surface area contributed by atoms with Gasteiger partial charge in [-0.05, 0) is 35.9 Å². The van der Waals surface area contributed by atoms with Crippen molar-refractivity contribution < 1.29 is 9.53 Å². The lowest BCUT2D eigenvalue weighted by Gasteiger charge is -2.11. The number of pyridine rings is 1.